The van der Waals surface area contributed by atoms with Crippen molar-refractivity contribution in [2.75, 3.05) is 0 Å². The molecule has 4 nitrogen and oxygen atoms in total. The standard InChI is InChI=1S/C13H12ClNO3/c1-7-2-4-10(14)9-6-8(3-5-11(16)17)13(18)15-12(7)9/h2,4,6H,3,5H2,1H3,(H,15,18)(H,16,17). The summed E-state index contributed by atoms with van der Waals surface area (Å²) < 4.78 is 0. The summed E-state index contributed by atoms with van der Waals surface area (Å²) in [4.78, 5) is 25.1. The maximum atomic E-state index is 11.8. The molecule has 1 aromatic heterocycles. The maximum Gasteiger partial charge on any atom is 0.303 e. The van der Waals surface area contributed by atoms with E-state index < -0.39 is 5.97 Å². The van der Waals surface area contributed by atoms with Gasteiger partial charge in [-0.3, -0.25) is 9.59 Å². The Kier molecular flexibility index (Phi) is 3.39. The topological polar surface area (TPSA) is 70.2 Å². The van der Waals surface area contributed by atoms with Crippen LogP contribution in [0.3, 0.4) is 0 Å². The van der Waals surface area contributed by atoms with Crippen LogP contribution in [0.2, 0.25) is 5.02 Å². The summed E-state index contributed by atoms with van der Waals surface area (Å²) in [7, 11) is 0. The van der Waals surface area contributed by atoms with Crippen molar-refractivity contribution < 1.29 is 9.90 Å². The maximum absolute atomic E-state index is 11.8. The minimum atomic E-state index is -0.926. The van der Waals surface area contributed by atoms with E-state index in [1.54, 1.807) is 12.1 Å². The number of H-pyrrole nitrogens is 1. The zero-order valence-electron chi connectivity index (χ0n) is 9.79. The minimum absolute atomic E-state index is 0.0714. The zero-order valence-corrected chi connectivity index (χ0v) is 10.5. The van der Waals surface area contributed by atoms with E-state index in [1.165, 1.54) is 0 Å². The second-order valence-corrected chi connectivity index (χ2v) is 4.58. The fourth-order valence-corrected chi connectivity index (χ4v) is 2.08. The van der Waals surface area contributed by atoms with Gasteiger partial charge in [-0.25, -0.2) is 0 Å². The van der Waals surface area contributed by atoms with Gasteiger partial charge in [0.05, 0.1) is 5.52 Å². The molecule has 0 bridgehead atoms. The van der Waals surface area contributed by atoms with Crippen LogP contribution in [0.15, 0.2) is 23.0 Å². The number of aromatic amines is 1. The molecule has 0 amide bonds. The van der Waals surface area contributed by atoms with Gasteiger partial charge in [0.2, 0.25) is 0 Å². The fourth-order valence-electron chi connectivity index (χ4n) is 1.87. The molecule has 0 aliphatic heterocycles. The van der Waals surface area contributed by atoms with Crippen molar-refractivity contribution in [2.24, 2.45) is 0 Å². The Morgan fingerprint density at radius 1 is 1.44 bits per heavy atom. The molecule has 18 heavy (non-hydrogen) atoms. The number of aliphatic carboxylic acids is 1. The van der Waals surface area contributed by atoms with Crippen molar-refractivity contribution in [3.05, 3.63) is 44.7 Å². The Morgan fingerprint density at radius 3 is 2.83 bits per heavy atom. The van der Waals surface area contributed by atoms with Crippen LogP contribution in [-0.4, -0.2) is 16.1 Å². The van der Waals surface area contributed by atoms with Crippen LogP contribution >= 0.6 is 11.6 Å². The number of nitrogens with one attached hydrogen (secondary N) is 1. The van der Waals surface area contributed by atoms with Gasteiger partial charge in [-0.05, 0) is 31.0 Å². The molecule has 0 atom stereocenters. The highest BCUT2D eigenvalue weighted by Crippen LogP contribution is 2.24. The first-order chi connectivity index (χ1) is 8.49. The lowest BCUT2D eigenvalue weighted by Crippen LogP contribution is -2.14. The average molecular weight is 266 g/mol. The number of halogens is 1. The van der Waals surface area contributed by atoms with Crippen LogP contribution in [0.1, 0.15) is 17.5 Å². The van der Waals surface area contributed by atoms with Crippen LogP contribution in [0, 0.1) is 6.92 Å². The Hall–Kier alpha value is -1.81. The summed E-state index contributed by atoms with van der Waals surface area (Å²) in [5.41, 5.74) is 1.81. The molecule has 0 radical (unpaired) electrons. The smallest absolute Gasteiger partial charge is 0.303 e. The third kappa shape index (κ3) is 2.38. The van der Waals surface area contributed by atoms with Crippen LogP contribution in [-0.2, 0) is 11.2 Å². The molecular weight excluding hydrogens is 254 g/mol. The first-order valence-corrected chi connectivity index (χ1v) is 5.89. The van der Waals surface area contributed by atoms with Gasteiger partial charge in [0.25, 0.3) is 5.56 Å². The number of carboxylic acids is 1. The molecule has 94 valence electrons. The molecule has 2 N–H and O–H groups in total. The summed E-state index contributed by atoms with van der Waals surface area (Å²) in [5.74, 6) is -0.926. The third-order valence-electron chi connectivity index (χ3n) is 2.86. The number of hydrogen-bond donors (Lipinski definition) is 2. The Morgan fingerprint density at radius 2 is 2.17 bits per heavy atom. The van der Waals surface area contributed by atoms with E-state index in [-0.39, 0.29) is 18.4 Å². The van der Waals surface area contributed by atoms with Crippen molar-refractivity contribution in [1.29, 1.82) is 0 Å². The number of pyridine rings is 1. The average Bonchev–Trinajstić information content (AvgIpc) is 2.32. The summed E-state index contributed by atoms with van der Waals surface area (Å²) in [6.07, 6.45) is 0.128. The summed E-state index contributed by atoms with van der Waals surface area (Å²) >= 11 is 6.08. The van der Waals surface area contributed by atoms with Gasteiger partial charge in [-0.1, -0.05) is 17.7 Å². The number of aromatic nitrogens is 1. The van der Waals surface area contributed by atoms with Crippen LogP contribution in [0.4, 0.5) is 0 Å². The van der Waals surface area contributed by atoms with E-state index in [0.717, 1.165) is 10.9 Å². The minimum Gasteiger partial charge on any atom is -0.481 e. The quantitative estimate of drug-likeness (QED) is 0.896. The molecule has 2 rings (SSSR count). The predicted octanol–water partition coefficient (Wildman–Crippen LogP) is 2.51. The Labute approximate surface area is 108 Å². The van der Waals surface area contributed by atoms with E-state index >= 15 is 0 Å². The van der Waals surface area contributed by atoms with Gasteiger partial charge in [-0.2, -0.15) is 0 Å². The number of hydrogen-bond acceptors (Lipinski definition) is 2. The third-order valence-corrected chi connectivity index (χ3v) is 3.19. The van der Waals surface area contributed by atoms with Crippen molar-refractivity contribution in [3.8, 4) is 0 Å². The second-order valence-electron chi connectivity index (χ2n) is 4.17. The van der Waals surface area contributed by atoms with Crippen LogP contribution < -0.4 is 5.56 Å². The van der Waals surface area contributed by atoms with Gasteiger partial charge in [0.1, 0.15) is 0 Å². The Balaban J connectivity index is 2.57. The largest absolute Gasteiger partial charge is 0.481 e. The van der Waals surface area contributed by atoms with Gasteiger partial charge < -0.3 is 10.1 Å². The van der Waals surface area contributed by atoms with Crippen molar-refractivity contribution in [2.45, 2.75) is 19.8 Å². The highest BCUT2D eigenvalue weighted by Gasteiger charge is 2.09. The molecule has 0 fully saturated rings. The SMILES string of the molecule is Cc1ccc(Cl)c2cc(CCC(=O)O)c(=O)[nH]c12. The molecule has 5 heteroatoms. The molecule has 0 aliphatic carbocycles. The summed E-state index contributed by atoms with van der Waals surface area (Å²) in [5, 5.41) is 9.93. The molecule has 0 spiro atoms. The van der Waals surface area contributed by atoms with Crippen LogP contribution in [0.25, 0.3) is 10.9 Å². The number of fused-ring (bicyclic) bond motifs is 1. The monoisotopic (exact) mass is 265 g/mol. The summed E-state index contributed by atoms with van der Waals surface area (Å²) in [6.45, 7) is 1.88. The van der Waals surface area contributed by atoms with Crippen LogP contribution in [0.5, 0.6) is 0 Å². The lowest BCUT2D eigenvalue weighted by Gasteiger charge is -2.06. The lowest BCUT2D eigenvalue weighted by atomic mass is 10.1. The van der Waals surface area contributed by atoms with Gasteiger partial charge in [0.15, 0.2) is 0 Å². The van der Waals surface area contributed by atoms with Crippen molar-refractivity contribution in [3.63, 3.8) is 0 Å². The molecular formula is C13H12ClNO3. The molecule has 1 aromatic carbocycles. The van der Waals surface area contributed by atoms with Gasteiger partial charge in [0, 0.05) is 22.4 Å². The first-order valence-electron chi connectivity index (χ1n) is 5.52. The molecule has 2 aromatic rings. The number of carbonyl (C=O) groups is 1. The van der Waals surface area contributed by atoms with Crippen molar-refractivity contribution >= 4 is 28.5 Å². The van der Waals surface area contributed by atoms with Crippen molar-refractivity contribution in [1.82, 2.24) is 4.98 Å². The van der Waals surface area contributed by atoms with E-state index in [4.69, 9.17) is 16.7 Å². The predicted molar refractivity (Wildman–Crippen MR) is 70.3 cm³/mol. The number of carboxylic acid groups (broad SMARTS) is 1. The van der Waals surface area contributed by atoms with E-state index in [2.05, 4.69) is 4.98 Å². The van der Waals surface area contributed by atoms with E-state index in [9.17, 15) is 9.59 Å². The number of benzene rings is 1. The fraction of sp³-hybridized carbons (Fsp3) is 0.231. The van der Waals surface area contributed by atoms with E-state index in [1.807, 2.05) is 13.0 Å². The normalized spacial score (nSPS) is 10.8. The first kappa shape index (κ1) is 12.6. The molecule has 0 aliphatic rings. The van der Waals surface area contributed by atoms with Gasteiger partial charge in [-0.15, -0.1) is 0 Å². The zero-order chi connectivity index (χ0) is 13.3. The second kappa shape index (κ2) is 4.82. The Bertz CT molecular complexity index is 676. The summed E-state index contributed by atoms with van der Waals surface area (Å²) in [6, 6.07) is 5.27. The molecule has 0 unspecified atom stereocenters. The van der Waals surface area contributed by atoms with Gasteiger partial charge >= 0.3 is 5.97 Å². The number of aryl methyl sites for hydroxylation is 2. The highest BCUT2D eigenvalue weighted by molar-refractivity contribution is 6.35. The molecule has 1 heterocycles. The highest BCUT2D eigenvalue weighted by atomic mass is 35.5. The van der Waals surface area contributed by atoms with E-state index in [0.29, 0.717) is 16.1 Å². The molecule has 0 saturated heterocycles. The number of rotatable bonds is 3. The molecule has 0 saturated carbocycles. The lowest BCUT2D eigenvalue weighted by molar-refractivity contribution is -0.136.